The van der Waals surface area contributed by atoms with E-state index in [1.807, 2.05) is 24.3 Å². The molecule has 1 N–H and O–H groups in total. The lowest BCUT2D eigenvalue weighted by atomic mass is 9.78. The molecule has 5 saturated heterocycles. The molecule has 1 aromatic rings. The van der Waals surface area contributed by atoms with E-state index in [0.29, 0.717) is 44.1 Å². The molecule has 1 aromatic carbocycles. The van der Waals surface area contributed by atoms with Crippen molar-refractivity contribution in [2.24, 2.45) is 17.8 Å². The van der Waals surface area contributed by atoms with Crippen molar-refractivity contribution in [3.63, 3.8) is 0 Å². The first-order valence-corrected chi connectivity index (χ1v) is 47.1. The maximum absolute atomic E-state index is 12.1. The van der Waals surface area contributed by atoms with Gasteiger partial charge in [-0.3, -0.25) is 0 Å². The lowest BCUT2D eigenvalue weighted by molar-refractivity contribution is -0.269. The van der Waals surface area contributed by atoms with Gasteiger partial charge >= 0.3 is 0 Å². The Morgan fingerprint density at radius 3 is 1.75 bits per heavy atom. The maximum atomic E-state index is 12.1. The third-order valence-corrected chi connectivity index (χ3v) is 41.2. The van der Waals surface area contributed by atoms with Crippen LogP contribution in [0.3, 0.4) is 0 Å². The predicted molar refractivity (Wildman–Crippen MR) is 385 cm³/mol. The van der Waals surface area contributed by atoms with Crippen molar-refractivity contribution in [1.29, 1.82) is 0 Å². The van der Waals surface area contributed by atoms with Crippen molar-refractivity contribution in [1.82, 2.24) is 0 Å². The molecule has 19 atom stereocenters. The fourth-order valence-corrected chi connectivity index (χ4v) is 18.2. The second-order valence-electron chi connectivity index (χ2n) is 34.6. The highest BCUT2D eigenvalue weighted by molar-refractivity contribution is 6.75. The van der Waals surface area contributed by atoms with Crippen LogP contribution in [0.25, 0.3) is 0 Å². The average Bonchev–Trinajstić information content (AvgIpc) is 1.10. The first-order valence-electron chi connectivity index (χ1n) is 35.5. The van der Waals surface area contributed by atoms with E-state index in [1.165, 1.54) is 0 Å². The van der Waals surface area contributed by atoms with Gasteiger partial charge in [0.25, 0.3) is 0 Å². The summed E-state index contributed by atoms with van der Waals surface area (Å²) in [4.78, 5) is 0. The quantitative estimate of drug-likeness (QED) is 0.0635. The van der Waals surface area contributed by atoms with Gasteiger partial charge in [-0.25, -0.2) is 0 Å². The first kappa shape index (κ1) is 78.4. The highest BCUT2D eigenvalue weighted by atomic mass is 28.4. The van der Waals surface area contributed by atoms with Gasteiger partial charge in [-0.2, -0.15) is 0 Å². The van der Waals surface area contributed by atoms with Gasteiger partial charge in [0.15, 0.2) is 33.3 Å². The fraction of sp³-hybridized carbons (Fsp3) is 0.813. The van der Waals surface area contributed by atoms with Crippen LogP contribution < -0.4 is 4.74 Å². The second kappa shape index (κ2) is 31.5. The van der Waals surface area contributed by atoms with Crippen molar-refractivity contribution < 1.29 is 56.0 Å². The van der Waals surface area contributed by atoms with E-state index >= 15 is 0 Å². The number of rotatable bonds is 28. The number of hydrogen-bond donors (Lipinski definition) is 1. The number of fused-ring (bicyclic) bond motifs is 1. The molecule has 5 heterocycles. The van der Waals surface area contributed by atoms with Crippen molar-refractivity contribution in [2.75, 3.05) is 7.11 Å². The van der Waals surface area contributed by atoms with Gasteiger partial charge in [-0.1, -0.05) is 161 Å². The summed E-state index contributed by atoms with van der Waals surface area (Å²) in [5.74, 6) is 1.67. The Morgan fingerprint density at radius 2 is 1.19 bits per heavy atom. The Hall–Kier alpha value is -1.59. The van der Waals surface area contributed by atoms with E-state index < -0.39 is 63.8 Å². The predicted octanol–water partition coefficient (Wildman–Crippen LogP) is 18.8. The Balaban J connectivity index is 1.19. The van der Waals surface area contributed by atoms with Crippen LogP contribution >= 0.6 is 0 Å². The highest BCUT2D eigenvalue weighted by Gasteiger charge is 2.59. The largest absolute Gasteiger partial charge is 0.497 e. The summed E-state index contributed by atoms with van der Waals surface area (Å²) in [6, 6.07) is 8.13. The number of hydrogen-bond acceptors (Lipinski definition) is 12. The Bertz CT molecular complexity index is 2510. The zero-order valence-electron chi connectivity index (χ0n) is 62.3. The Labute approximate surface area is 560 Å². The van der Waals surface area contributed by atoms with Crippen molar-refractivity contribution >= 4 is 33.3 Å². The van der Waals surface area contributed by atoms with Crippen LogP contribution in [0.1, 0.15) is 193 Å². The molecule has 0 bridgehead atoms. The van der Waals surface area contributed by atoms with Gasteiger partial charge in [0.05, 0.1) is 93.1 Å². The van der Waals surface area contributed by atoms with Gasteiger partial charge in [0.1, 0.15) is 24.1 Å². The monoisotopic (exact) mass is 1340 g/mol. The molecule has 5 aliphatic rings. The lowest BCUT2D eigenvalue weighted by Crippen LogP contribution is -2.69. The maximum Gasteiger partial charge on any atom is 0.193 e. The zero-order valence-corrected chi connectivity index (χ0v) is 66.3. The molecular formula is C75H134O12Si4. The van der Waals surface area contributed by atoms with Gasteiger partial charge in [0.2, 0.25) is 0 Å². The van der Waals surface area contributed by atoms with E-state index in [1.54, 1.807) is 7.11 Å². The minimum absolute atomic E-state index is 0.00255. The molecule has 12 nitrogen and oxygen atoms in total. The molecule has 5 aliphatic heterocycles. The lowest BCUT2D eigenvalue weighted by Gasteiger charge is -2.56. The molecule has 0 aromatic heterocycles. The molecule has 522 valence electrons. The van der Waals surface area contributed by atoms with Crippen LogP contribution in [-0.2, 0) is 52.7 Å². The number of ether oxygens (including phenoxy) is 7. The first-order chi connectivity index (χ1) is 41.9. The molecule has 6 rings (SSSR count). The van der Waals surface area contributed by atoms with Crippen LogP contribution in [0.5, 0.6) is 5.75 Å². The van der Waals surface area contributed by atoms with E-state index in [2.05, 4.69) is 201 Å². The second-order valence-corrected chi connectivity index (χ2v) is 53.6. The van der Waals surface area contributed by atoms with E-state index in [4.69, 9.17) is 50.9 Å². The van der Waals surface area contributed by atoms with Gasteiger partial charge < -0.3 is 56.0 Å². The number of benzene rings is 1. The van der Waals surface area contributed by atoms with Crippen LogP contribution in [0.2, 0.25) is 72.5 Å². The number of aliphatic hydroxyl groups is 1. The Morgan fingerprint density at radius 1 is 0.615 bits per heavy atom. The van der Waals surface area contributed by atoms with Crippen LogP contribution in [0, 0.1) is 17.8 Å². The van der Waals surface area contributed by atoms with E-state index in [0.717, 1.165) is 73.8 Å². The van der Waals surface area contributed by atoms with Gasteiger partial charge in [0, 0.05) is 12.3 Å². The molecule has 0 amide bonds. The third-order valence-electron chi connectivity index (χ3n) is 23.3. The highest BCUT2D eigenvalue weighted by Crippen LogP contribution is 2.50. The molecule has 0 radical (unpaired) electrons. The number of methoxy groups -OCH3 is 1. The number of aliphatic hydroxyl groups excluding tert-OH is 1. The summed E-state index contributed by atoms with van der Waals surface area (Å²) >= 11 is 0. The number of allylic oxidation sites excluding steroid dienone is 1. The van der Waals surface area contributed by atoms with Gasteiger partial charge in [-0.05, 0) is 177 Å². The fourth-order valence-electron chi connectivity index (χ4n) is 13.0. The topological polar surface area (TPSA) is 122 Å². The summed E-state index contributed by atoms with van der Waals surface area (Å²) in [6.45, 7) is 69.3. The summed E-state index contributed by atoms with van der Waals surface area (Å²) in [5.41, 5.74) is 3.33. The Kier molecular flexibility index (Phi) is 27.1. The minimum atomic E-state index is -2.53. The van der Waals surface area contributed by atoms with Crippen molar-refractivity contribution in [2.45, 2.75) is 365 Å². The standard InChI is InChI=1S/C75H134O12Si4/c1-29-31-33-61-69(85-89(23,24)73(11,12)13)71(87-91(27,28)75(17,18)19)70(86-90(25,26)74(14,15)16)68(83-61)62(84-88(21,22)72(8,9)10)42-37-55(76)36-40-57-45-50(4)60(79-57)43-41-58-44-49(3)52(6)63(80-58)47-65-66(78-48-54-34-38-56(77-20)39-35-54)53(7)67-64(81-65)46-51(5)59(82-67)32-30-2/h29,34-35,37-39,42,49,51,53,55,57-71,76H,1,4,6,30-33,36,40-41,43-48H2,2-3,5,7-28H3/b42-37+/t49-,51-,53-,55?,57+,58?,59-,60?,61+,62+,63-,64?,65?,66-,67+,68+,69+,70-,71+/m1/s1. The average molecular weight is 1340 g/mol. The van der Waals surface area contributed by atoms with Crippen LogP contribution in [-0.4, -0.2) is 143 Å². The summed E-state index contributed by atoms with van der Waals surface area (Å²) in [7, 11) is -8.22. The molecule has 0 aliphatic carbocycles. The molecule has 5 fully saturated rings. The molecule has 91 heavy (non-hydrogen) atoms. The molecular weight excluding hydrogens is 1210 g/mol. The van der Waals surface area contributed by atoms with E-state index in [-0.39, 0.29) is 93.2 Å². The SMILES string of the molecule is C=CCC[C@@H]1O[C@@H]([C@H](/C=C/C(O)CC[C@H]2CC(=C)C(CCC3C[C@@H](C)C(=C)[C@@H](CC4OC5C[C@@H](C)[C@@H](CCC)O[C@H]5[C@H](C)[C@H]4OCc4ccc(OC)cc4)O3)O2)O[Si](C)(C)C(C)(C)C)[C@@H](O[Si](C)(C)C(C)(C)C)[C@@H](O[Si](C)(C)C(C)(C)C)[C@H]1O[Si](C)(C)C(C)(C)C. The summed E-state index contributed by atoms with van der Waals surface area (Å²) < 4.78 is 78.9. The summed E-state index contributed by atoms with van der Waals surface area (Å²) in [5, 5.41) is 11.8. The molecule has 0 spiro atoms. The minimum Gasteiger partial charge on any atom is -0.497 e. The van der Waals surface area contributed by atoms with Crippen molar-refractivity contribution in [3.8, 4) is 5.75 Å². The molecule has 16 heteroatoms. The van der Waals surface area contributed by atoms with Crippen LogP contribution in [0.4, 0.5) is 0 Å². The molecule has 0 saturated carbocycles. The smallest absolute Gasteiger partial charge is 0.193 e. The molecule has 5 unspecified atom stereocenters. The van der Waals surface area contributed by atoms with Crippen LogP contribution in [0.15, 0.2) is 73.4 Å². The zero-order chi connectivity index (χ0) is 68.2. The van der Waals surface area contributed by atoms with Crippen molar-refractivity contribution in [3.05, 3.63) is 78.9 Å². The normalized spacial score (nSPS) is 32.7. The van der Waals surface area contributed by atoms with Gasteiger partial charge in [-0.15, -0.1) is 6.58 Å². The third kappa shape index (κ3) is 20.1. The summed E-state index contributed by atoms with van der Waals surface area (Å²) in [6.07, 6.45) is 11.9. The van der Waals surface area contributed by atoms with E-state index in [9.17, 15) is 5.11 Å².